The Labute approximate surface area is 148 Å². The number of carbonyl (C=O) groups is 2. The van der Waals surface area contributed by atoms with Gasteiger partial charge in [-0.1, -0.05) is 56.3 Å². The van der Waals surface area contributed by atoms with Crippen molar-refractivity contribution >= 4 is 23.7 Å². The van der Waals surface area contributed by atoms with E-state index in [9.17, 15) is 9.59 Å². The summed E-state index contributed by atoms with van der Waals surface area (Å²) in [5.41, 5.74) is 5.32. The standard InChI is InChI=1S/C20H23N3O2/c1-15(2)17-10-8-16(9-11-17)14-21-23-20(25)13-12-19(24)22-18-6-4-3-5-7-18/h3-11,14-15H,12-13H2,1-2H3,(H,22,24)(H,23,25)/b21-14+. The van der Waals surface area contributed by atoms with E-state index in [0.29, 0.717) is 5.92 Å². The van der Waals surface area contributed by atoms with Crippen molar-refractivity contribution in [2.24, 2.45) is 5.10 Å². The predicted octanol–water partition coefficient (Wildman–Crippen LogP) is 3.68. The molecule has 0 saturated carbocycles. The van der Waals surface area contributed by atoms with Gasteiger partial charge in [-0.15, -0.1) is 0 Å². The summed E-state index contributed by atoms with van der Waals surface area (Å²) in [5.74, 6) is -0.0133. The van der Waals surface area contributed by atoms with Crippen LogP contribution in [0.3, 0.4) is 0 Å². The molecule has 2 N–H and O–H groups in total. The summed E-state index contributed by atoms with van der Waals surface area (Å²) in [5, 5.41) is 6.66. The van der Waals surface area contributed by atoms with Crippen molar-refractivity contribution in [2.75, 3.05) is 5.32 Å². The second-order valence-corrected chi connectivity index (χ2v) is 6.03. The number of amides is 2. The van der Waals surface area contributed by atoms with Gasteiger partial charge in [-0.3, -0.25) is 9.59 Å². The summed E-state index contributed by atoms with van der Waals surface area (Å²) in [7, 11) is 0. The summed E-state index contributed by atoms with van der Waals surface area (Å²) in [6.07, 6.45) is 1.79. The van der Waals surface area contributed by atoms with Crippen LogP contribution in [0.25, 0.3) is 0 Å². The lowest BCUT2D eigenvalue weighted by molar-refractivity contribution is -0.124. The van der Waals surface area contributed by atoms with Crippen molar-refractivity contribution in [3.63, 3.8) is 0 Å². The van der Waals surface area contributed by atoms with Crippen molar-refractivity contribution in [1.82, 2.24) is 5.43 Å². The zero-order valence-corrected chi connectivity index (χ0v) is 14.5. The van der Waals surface area contributed by atoms with Gasteiger partial charge in [-0.25, -0.2) is 5.43 Å². The second-order valence-electron chi connectivity index (χ2n) is 6.03. The SMILES string of the molecule is CC(C)c1ccc(/C=N/NC(=O)CCC(=O)Nc2ccccc2)cc1. The van der Waals surface area contributed by atoms with Crippen molar-refractivity contribution < 1.29 is 9.59 Å². The Morgan fingerprint density at radius 1 is 0.960 bits per heavy atom. The van der Waals surface area contributed by atoms with Gasteiger partial charge in [0.25, 0.3) is 0 Å². The highest BCUT2D eigenvalue weighted by Crippen LogP contribution is 2.13. The van der Waals surface area contributed by atoms with Crippen LogP contribution < -0.4 is 10.7 Å². The zero-order chi connectivity index (χ0) is 18.1. The van der Waals surface area contributed by atoms with Gasteiger partial charge in [0.15, 0.2) is 0 Å². The minimum absolute atomic E-state index is 0.0856. The molecule has 0 aliphatic heterocycles. The largest absolute Gasteiger partial charge is 0.326 e. The maximum Gasteiger partial charge on any atom is 0.240 e. The van der Waals surface area contributed by atoms with E-state index in [4.69, 9.17) is 0 Å². The van der Waals surface area contributed by atoms with Crippen molar-refractivity contribution in [1.29, 1.82) is 0 Å². The first-order valence-corrected chi connectivity index (χ1v) is 8.31. The second kappa shape index (κ2) is 9.37. The molecule has 0 unspecified atom stereocenters. The highest BCUT2D eigenvalue weighted by molar-refractivity contribution is 5.93. The number of para-hydroxylation sites is 1. The van der Waals surface area contributed by atoms with Crippen LogP contribution in [0, 0.1) is 0 Å². The molecular formula is C20H23N3O2. The molecule has 0 aromatic heterocycles. The van der Waals surface area contributed by atoms with Crippen molar-refractivity contribution in [2.45, 2.75) is 32.6 Å². The molecule has 130 valence electrons. The van der Waals surface area contributed by atoms with Gasteiger partial charge in [0, 0.05) is 18.5 Å². The van der Waals surface area contributed by atoms with Crippen LogP contribution in [0.5, 0.6) is 0 Å². The van der Waals surface area contributed by atoms with Gasteiger partial charge >= 0.3 is 0 Å². The van der Waals surface area contributed by atoms with E-state index in [1.165, 1.54) is 5.56 Å². The molecular weight excluding hydrogens is 314 g/mol. The fourth-order valence-electron chi connectivity index (χ4n) is 2.17. The van der Waals surface area contributed by atoms with E-state index in [0.717, 1.165) is 11.3 Å². The smallest absolute Gasteiger partial charge is 0.240 e. The zero-order valence-electron chi connectivity index (χ0n) is 14.5. The third-order valence-electron chi connectivity index (χ3n) is 3.64. The number of anilines is 1. The lowest BCUT2D eigenvalue weighted by atomic mass is 10.0. The predicted molar refractivity (Wildman–Crippen MR) is 101 cm³/mol. The van der Waals surface area contributed by atoms with Gasteiger partial charge in [0.2, 0.25) is 11.8 Å². The van der Waals surface area contributed by atoms with Crippen LogP contribution in [0.2, 0.25) is 0 Å². The highest BCUT2D eigenvalue weighted by atomic mass is 16.2. The number of carbonyl (C=O) groups excluding carboxylic acids is 2. The van der Waals surface area contributed by atoms with Crippen molar-refractivity contribution in [3.05, 3.63) is 65.7 Å². The topological polar surface area (TPSA) is 70.6 Å². The molecule has 2 aromatic carbocycles. The van der Waals surface area contributed by atoms with E-state index in [2.05, 4.69) is 29.7 Å². The van der Waals surface area contributed by atoms with Crippen LogP contribution in [0.4, 0.5) is 5.69 Å². The third kappa shape index (κ3) is 6.59. The molecule has 0 bridgehead atoms. The van der Waals surface area contributed by atoms with E-state index in [1.54, 1.807) is 18.3 Å². The van der Waals surface area contributed by atoms with E-state index in [-0.39, 0.29) is 24.7 Å². The van der Waals surface area contributed by atoms with E-state index < -0.39 is 0 Å². The molecule has 0 aliphatic carbocycles. The molecule has 0 saturated heterocycles. The minimum Gasteiger partial charge on any atom is -0.326 e. The van der Waals surface area contributed by atoms with Crippen LogP contribution in [-0.2, 0) is 9.59 Å². The summed E-state index contributed by atoms with van der Waals surface area (Å²) >= 11 is 0. The number of hydrogen-bond acceptors (Lipinski definition) is 3. The Bertz CT molecular complexity index is 722. The maximum absolute atomic E-state index is 11.8. The molecule has 25 heavy (non-hydrogen) atoms. The number of nitrogens with zero attached hydrogens (tertiary/aromatic N) is 1. The fraction of sp³-hybridized carbons (Fsp3) is 0.250. The first kappa shape index (κ1) is 18.4. The Hall–Kier alpha value is -2.95. The molecule has 5 heteroatoms. The Morgan fingerprint density at radius 2 is 1.60 bits per heavy atom. The van der Waals surface area contributed by atoms with Crippen molar-refractivity contribution in [3.8, 4) is 0 Å². The molecule has 0 radical (unpaired) electrons. The Morgan fingerprint density at radius 3 is 2.24 bits per heavy atom. The summed E-state index contributed by atoms with van der Waals surface area (Å²) in [6.45, 7) is 4.27. The molecule has 0 fully saturated rings. The third-order valence-corrected chi connectivity index (χ3v) is 3.64. The highest BCUT2D eigenvalue weighted by Gasteiger charge is 2.06. The first-order chi connectivity index (χ1) is 12.0. The van der Waals surface area contributed by atoms with Crippen LogP contribution >= 0.6 is 0 Å². The van der Waals surface area contributed by atoms with Gasteiger partial charge in [-0.2, -0.15) is 5.10 Å². The van der Waals surface area contributed by atoms with Gasteiger partial charge in [0.1, 0.15) is 0 Å². The molecule has 2 aromatic rings. The number of hydrazone groups is 1. The van der Waals surface area contributed by atoms with Crippen LogP contribution in [0.1, 0.15) is 43.7 Å². The number of nitrogens with one attached hydrogen (secondary N) is 2. The molecule has 0 spiro atoms. The number of hydrogen-bond donors (Lipinski definition) is 2. The monoisotopic (exact) mass is 337 g/mol. The lowest BCUT2D eigenvalue weighted by Gasteiger charge is -2.05. The molecule has 0 atom stereocenters. The normalized spacial score (nSPS) is 10.8. The quantitative estimate of drug-likeness (QED) is 0.598. The van der Waals surface area contributed by atoms with Gasteiger partial charge in [0.05, 0.1) is 6.21 Å². The van der Waals surface area contributed by atoms with Gasteiger partial charge in [-0.05, 0) is 29.2 Å². The summed E-state index contributed by atoms with van der Waals surface area (Å²) in [6, 6.07) is 17.1. The van der Waals surface area contributed by atoms with E-state index in [1.807, 2.05) is 42.5 Å². The molecule has 0 heterocycles. The van der Waals surface area contributed by atoms with Gasteiger partial charge < -0.3 is 5.32 Å². The molecule has 0 aliphatic rings. The minimum atomic E-state index is -0.293. The van der Waals surface area contributed by atoms with Crippen LogP contribution in [0.15, 0.2) is 59.7 Å². The molecule has 5 nitrogen and oxygen atoms in total. The van der Waals surface area contributed by atoms with Crippen LogP contribution in [-0.4, -0.2) is 18.0 Å². The van der Waals surface area contributed by atoms with E-state index >= 15 is 0 Å². The average Bonchev–Trinajstić information content (AvgIpc) is 2.61. The Kier molecular flexibility index (Phi) is 6.89. The number of benzene rings is 2. The average molecular weight is 337 g/mol. The first-order valence-electron chi connectivity index (χ1n) is 8.31. The molecule has 2 amide bonds. The molecule has 2 rings (SSSR count). The number of rotatable bonds is 7. The maximum atomic E-state index is 11.8. The Balaban J connectivity index is 1.72. The lowest BCUT2D eigenvalue weighted by Crippen LogP contribution is -2.20. The fourth-order valence-corrected chi connectivity index (χ4v) is 2.17. The summed E-state index contributed by atoms with van der Waals surface area (Å²) in [4.78, 5) is 23.5. The summed E-state index contributed by atoms with van der Waals surface area (Å²) < 4.78 is 0.